The second-order valence-electron chi connectivity index (χ2n) is 2.89. The van der Waals surface area contributed by atoms with E-state index in [2.05, 4.69) is 9.72 Å². The topological polar surface area (TPSA) is 85.2 Å². The zero-order chi connectivity index (χ0) is 10.6. The molecule has 0 amide bonds. The van der Waals surface area contributed by atoms with Crippen molar-refractivity contribution in [1.82, 2.24) is 4.98 Å². The third kappa shape index (κ3) is 2.70. The van der Waals surface area contributed by atoms with Gasteiger partial charge in [0, 0.05) is 12.3 Å². The van der Waals surface area contributed by atoms with Crippen LogP contribution in [0.15, 0.2) is 23.1 Å². The molecule has 0 saturated carbocycles. The van der Waals surface area contributed by atoms with Crippen LogP contribution in [-0.4, -0.2) is 24.1 Å². The molecule has 1 aromatic heterocycles. The van der Waals surface area contributed by atoms with Crippen LogP contribution in [0.5, 0.6) is 0 Å². The van der Waals surface area contributed by atoms with Gasteiger partial charge in [0.05, 0.1) is 7.11 Å². The zero-order valence-corrected chi connectivity index (χ0v) is 7.82. The Balaban J connectivity index is 2.65. The van der Waals surface area contributed by atoms with Gasteiger partial charge in [-0.25, -0.2) is 0 Å². The van der Waals surface area contributed by atoms with Gasteiger partial charge in [0.1, 0.15) is 6.04 Å². The molecule has 0 radical (unpaired) electrons. The first kappa shape index (κ1) is 10.5. The molecule has 0 spiro atoms. The number of H-pyrrole nitrogens is 1. The summed E-state index contributed by atoms with van der Waals surface area (Å²) in [4.78, 5) is 24.2. The summed E-state index contributed by atoms with van der Waals surface area (Å²) in [7, 11) is 1.29. The van der Waals surface area contributed by atoms with Crippen LogP contribution in [-0.2, 0) is 16.0 Å². The van der Waals surface area contributed by atoms with E-state index < -0.39 is 12.0 Å². The second-order valence-corrected chi connectivity index (χ2v) is 2.89. The van der Waals surface area contributed by atoms with Crippen LogP contribution in [0.4, 0.5) is 0 Å². The van der Waals surface area contributed by atoms with Crippen LogP contribution in [0.1, 0.15) is 5.56 Å². The molecule has 0 aliphatic rings. The number of esters is 1. The number of aromatic amines is 1. The number of hydrogen-bond acceptors (Lipinski definition) is 4. The Kier molecular flexibility index (Phi) is 3.41. The summed E-state index contributed by atoms with van der Waals surface area (Å²) in [6.45, 7) is 0. The number of carbonyl (C=O) groups is 1. The van der Waals surface area contributed by atoms with E-state index in [1.807, 2.05) is 0 Å². The molecule has 1 atom stereocenters. The maximum atomic E-state index is 11.0. The highest BCUT2D eigenvalue weighted by atomic mass is 16.5. The third-order valence-electron chi connectivity index (χ3n) is 1.81. The summed E-state index contributed by atoms with van der Waals surface area (Å²) in [6, 6.07) is 2.33. The van der Waals surface area contributed by atoms with Crippen molar-refractivity contribution in [2.24, 2.45) is 5.73 Å². The third-order valence-corrected chi connectivity index (χ3v) is 1.81. The highest BCUT2D eigenvalue weighted by Crippen LogP contribution is 1.99. The van der Waals surface area contributed by atoms with Crippen molar-refractivity contribution >= 4 is 5.97 Å². The maximum Gasteiger partial charge on any atom is 0.322 e. The smallest absolute Gasteiger partial charge is 0.322 e. The van der Waals surface area contributed by atoms with E-state index in [-0.39, 0.29) is 5.56 Å². The molecule has 5 heteroatoms. The molecule has 1 aromatic rings. The van der Waals surface area contributed by atoms with E-state index in [1.54, 1.807) is 6.07 Å². The first-order valence-corrected chi connectivity index (χ1v) is 4.14. The van der Waals surface area contributed by atoms with Gasteiger partial charge < -0.3 is 15.5 Å². The molecule has 0 bridgehead atoms. The van der Waals surface area contributed by atoms with Crippen LogP contribution in [0.2, 0.25) is 0 Å². The van der Waals surface area contributed by atoms with Gasteiger partial charge in [-0.2, -0.15) is 0 Å². The minimum absolute atomic E-state index is 0.180. The molecular weight excluding hydrogens is 184 g/mol. The van der Waals surface area contributed by atoms with Gasteiger partial charge in [-0.15, -0.1) is 0 Å². The number of carbonyl (C=O) groups excluding carboxylic acids is 1. The molecular formula is C9H12N2O3. The lowest BCUT2D eigenvalue weighted by molar-refractivity contribution is -0.142. The number of methoxy groups -OCH3 is 1. The van der Waals surface area contributed by atoms with Gasteiger partial charge in [-0.3, -0.25) is 9.59 Å². The summed E-state index contributed by atoms with van der Waals surface area (Å²) in [5.41, 5.74) is 6.15. The van der Waals surface area contributed by atoms with Crippen molar-refractivity contribution in [2.45, 2.75) is 12.5 Å². The monoisotopic (exact) mass is 196 g/mol. The largest absolute Gasteiger partial charge is 0.468 e. The molecule has 5 nitrogen and oxygen atoms in total. The summed E-state index contributed by atoms with van der Waals surface area (Å²) < 4.78 is 4.47. The van der Waals surface area contributed by atoms with E-state index in [4.69, 9.17) is 5.73 Å². The quantitative estimate of drug-likeness (QED) is 0.633. The van der Waals surface area contributed by atoms with Crippen molar-refractivity contribution in [3.05, 3.63) is 34.2 Å². The highest BCUT2D eigenvalue weighted by Gasteiger charge is 2.13. The lowest BCUT2D eigenvalue weighted by Crippen LogP contribution is -2.33. The fourth-order valence-electron chi connectivity index (χ4n) is 1.06. The fourth-order valence-corrected chi connectivity index (χ4v) is 1.06. The summed E-state index contributed by atoms with van der Waals surface area (Å²) >= 11 is 0. The van der Waals surface area contributed by atoms with Gasteiger partial charge in [0.25, 0.3) is 0 Å². The Hall–Kier alpha value is -1.62. The average Bonchev–Trinajstić information content (AvgIpc) is 2.20. The molecule has 0 aliphatic heterocycles. The van der Waals surface area contributed by atoms with Crippen molar-refractivity contribution in [3.8, 4) is 0 Å². The lowest BCUT2D eigenvalue weighted by atomic mass is 10.1. The van der Waals surface area contributed by atoms with Gasteiger partial charge in [-0.1, -0.05) is 6.07 Å². The molecule has 0 unspecified atom stereocenters. The summed E-state index contributed by atoms with van der Waals surface area (Å²) in [5.74, 6) is -0.462. The number of hydrogen-bond donors (Lipinski definition) is 2. The van der Waals surface area contributed by atoms with Crippen molar-refractivity contribution in [3.63, 3.8) is 0 Å². The molecule has 1 heterocycles. The number of pyridine rings is 1. The molecule has 0 fully saturated rings. The minimum Gasteiger partial charge on any atom is -0.468 e. The Morgan fingerprint density at radius 3 is 2.86 bits per heavy atom. The molecule has 76 valence electrons. The number of rotatable bonds is 3. The van der Waals surface area contributed by atoms with E-state index >= 15 is 0 Å². The van der Waals surface area contributed by atoms with Crippen LogP contribution in [0, 0.1) is 0 Å². The predicted octanol–water partition coefficient (Wildman–Crippen LogP) is -0.582. The van der Waals surface area contributed by atoms with E-state index in [0.29, 0.717) is 6.42 Å². The Morgan fingerprint density at radius 1 is 1.64 bits per heavy atom. The normalized spacial score (nSPS) is 12.1. The van der Waals surface area contributed by atoms with E-state index in [9.17, 15) is 9.59 Å². The van der Waals surface area contributed by atoms with Crippen molar-refractivity contribution < 1.29 is 9.53 Å². The number of aromatic nitrogens is 1. The lowest BCUT2D eigenvalue weighted by Gasteiger charge is -2.08. The van der Waals surface area contributed by atoms with E-state index in [1.165, 1.54) is 19.4 Å². The Morgan fingerprint density at radius 2 is 2.36 bits per heavy atom. The first-order valence-electron chi connectivity index (χ1n) is 4.14. The molecule has 1 rings (SSSR count). The van der Waals surface area contributed by atoms with Crippen LogP contribution in [0.25, 0.3) is 0 Å². The molecule has 14 heavy (non-hydrogen) atoms. The molecule has 0 aromatic carbocycles. The molecule has 3 N–H and O–H groups in total. The summed E-state index contributed by atoms with van der Waals surface area (Å²) in [6.07, 6.45) is 1.88. The summed E-state index contributed by atoms with van der Waals surface area (Å²) in [5, 5.41) is 0. The van der Waals surface area contributed by atoms with Crippen LogP contribution >= 0.6 is 0 Å². The van der Waals surface area contributed by atoms with Gasteiger partial charge in [0.2, 0.25) is 5.56 Å². The Bertz CT molecular complexity index is 352. The Labute approximate surface area is 80.9 Å². The number of nitrogens with two attached hydrogens (primary N) is 1. The standard InChI is InChI=1S/C9H12N2O3/c1-14-9(13)7(10)4-6-2-3-8(12)11-5-6/h2-3,5,7H,4,10H2,1H3,(H,11,12)/t7-/m1/s1. The maximum absolute atomic E-state index is 11.0. The van der Waals surface area contributed by atoms with Gasteiger partial charge in [-0.05, 0) is 12.0 Å². The zero-order valence-electron chi connectivity index (χ0n) is 7.82. The van der Waals surface area contributed by atoms with E-state index in [0.717, 1.165) is 5.56 Å². The average molecular weight is 196 g/mol. The molecule has 0 aliphatic carbocycles. The van der Waals surface area contributed by atoms with Crippen LogP contribution < -0.4 is 11.3 Å². The second kappa shape index (κ2) is 4.57. The first-order chi connectivity index (χ1) is 6.63. The van der Waals surface area contributed by atoms with Crippen molar-refractivity contribution in [2.75, 3.05) is 7.11 Å². The fraction of sp³-hybridized carbons (Fsp3) is 0.333. The minimum atomic E-state index is -0.689. The van der Waals surface area contributed by atoms with Gasteiger partial charge in [0.15, 0.2) is 0 Å². The van der Waals surface area contributed by atoms with Crippen molar-refractivity contribution in [1.29, 1.82) is 0 Å². The molecule has 0 saturated heterocycles. The SMILES string of the molecule is COC(=O)[C@H](N)Cc1ccc(=O)[nH]c1. The number of nitrogens with one attached hydrogen (secondary N) is 1. The highest BCUT2D eigenvalue weighted by molar-refractivity contribution is 5.75. The number of ether oxygens (including phenoxy) is 1. The van der Waals surface area contributed by atoms with Gasteiger partial charge >= 0.3 is 5.97 Å². The predicted molar refractivity (Wildman–Crippen MR) is 50.8 cm³/mol. The van der Waals surface area contributed by atoms with Crippen LogP contribution in [0.3, 0.4) is 0 Å².